The van der Waals surface area contributed by atoms with E-state index in [9.17, 15) is 13.2 Å². The average Bonchev–Trinajstić information content (AvgIpc) is 3.08. The van der Waals surface area contributed by atoms with Gasteiger partial charge < -0.3 is 10.6 Å². The summed E-state index contributed by atoms with van der Waals surface area (Å²) in [6.45, 7) is 1.91. The molecule has 0 aliphatic carbocycles. The van der Waals surface area contributed by atoms with Gasteiger partial charge in [-0.15, -0.1) is 0 Å². The number of H-pyrrole nitrogens is 1. The second-order valence-electron chi connectivity index (χ2n) is 5.38. The SMILES string of the molecule is CNc1nc(Nc2cn[nH]c2C(C)c2ccncn2)ncc1C(F)(F)F. The van der Waals surface area contributed by atoms with E-state index in [1.807, 2.05) is 6.92 Å². The summed E-state index contributed by atoms with van der Waals surface area (Å²) in [4.78, 5) is 15.7. The molecule has 11 heteroatoms. The van der Waals surface area contributed by atoms with E-state index in [0.717, 1.165) is 11.9 Å². The molecule has 3 aromatic rings. The zero-order valence-electron chi connectivity index (χ0n) is 13.8. The summed E-state index contributed by atoms with van der Waals surface area (Å²) in [5, 5.41) is 12.2. The van der Waals surface area contributed by atoms with E-state index >= 15 is 0 Å². The summed E-state index contributed by atoms with van der Waals surface area (Å²) >= 11 is 0. The molecule has 0 bridgehead atoms. The third-order valence-electron chi connectivity index (χ3n) is 3.73. The molecule has 3 heterocycles. The number of nitrogens with one attached hydrogen (secondary N) is 3. The lowest BCUT2D eigenvalue weighted by Gasteiger charge is -2.14. The van der Waals surface area contributed by atoms with Crippen LogP contribution in [-0.4, -0.2) is 37.2 Å². The number of aromatic nitrogens is 6. The predicted molar refractivity (Wildman–Crippen MR) is 88.0 cm³/mol. The highest BCUT2D eigenvalue weighted by molar-refractivity contribution is 5.59. The van der Waals surface area contributed by atoms with Gasteiger partial charge in [-0.25, -0.2) is 15.0 Å². The van der Waals surface area contributed by atoms with Crippen LogP contribution in [-0.2, 0) is 6.18 Å². The van der Waals surface area contributed by atoms with Gasteiger partial charge in [0, 0.05) is 25.4 Å². The Labute approximate surface area is 146 Å². The summed E-state index contributed by atoms with van der Waals surface area (Å²) in [5.41, 5.74) is 1.06. The topological polar surface area (TPSA) is 104 Å². The third-order valence-corrected chi connectivity index (χ3v) is 3.73. The van der Waals surface area contributed by atoms with Gasteiger partial charge in [0.1, 0.15) is 17.7 Å². The predicted octanol–water partition coefficient (Wildman–Crippen LogP) is 2.95. The fourth-order valence-electron chi connectivity index (χ4n) is 2.39. The number of nitrogens with zero attached hydrogens (tertiary/aromatic N) is 5. The normalized spacial score (nSPS) is 12.7. The first-order valence-electron chi connectivity index (χ1n) is 7.58. The van der Waals surface area contributed by atoms with Crippen molar-refractivity contribution in [2.75, 3.05) is 17.7 Å². The Hall–Kier alpha value is -3.24. The number of hydrogen-bond donors (Lipinski definition) is 3. The molecule has 136 valence electrons. The van der Waals surface area contributed by atoms with Gasteiger partial charge in [0.15, 0.2) is 0 Å². The van der Waals surface area contributed by atoms with Crippen molar-refractivity contribution in [1.82, 2.24) is 30.1 Å². The maximum atomic E-state index is 12.9. The summed E-state index contributed by atoms with van der Waals surface area (Å²) in [7, 11) is 1.36. The van der Waals surface area contributed by atoms with Crippen molar-refractivity contribution < 1.29 is 13.2 Å². The van der Waals surface area contributed by atoms with Crippen molar-refractivity contribution in [2.24, 2.45) is 0 Å². The molecule has 0 aliphatic heterocycles. The molecule has 0 saturated carbocycles. The molecule has 0 radical (unpaired) electrons. The van der Waals surface area contributed by atoms with Gasteiger partial charge in [-0.2, -0.15) is 23.3 Å². The number of aromatic amines is 1. The Morgan fingerprint density at radius 3 is 2.65 bits per heavy atom. The Morgan fingerprint density at radius 2 is 2.00 bits per heavy atom. The quantitative estimate of drug-likeness (QED) is 0.639. The van der Waals surface area contributed by atoms with Gasteiger partial charge in [0.05, 0.1) is 23.3 Å². The van der Waals surface area contributed by atoms with E-state index in [-0.39, 0.29) is 17.7 Å². The Morgan fingerprint density at radius 1 is 1.19 bits per heavy atom. The second kappa shape index (κ2) is 6.94. The van der Waals surface area contributed by atoms with Crippen molar-refractivity contribution in [2.45, 2.75) is 19.0 Å². The van der Waals surface area contributed by atoms with Crippen LogP contribution in [0.1, 0.15) is 29.8 Å². The molecule has 8 nitrogen and oxygen atoms in total. The minimum atomic E-state index is -4.54. The molecule has 3 rings (SSSR count). The number of rotatable bonds is 5. The standard InChI is InChI=1S/C15H15F3N8/c1-8(10-3-4-20-7-22-10)12-11(6-23-26-12)24-14-21-5-9(15(16,17)18)13(19-2)25-14/h3-8H,1-2H3,(H,23,26)(H2,19,21,24,25). The number of halogens is 3. The molecule has 0 aliphatic rings. The Bertz CT molecular complexity index is 878. The second-order valence-corrected chi connectivity index (χ2v) is 5.38. The first-order chi connectivity index (χ1) is 12.4. The van der Waals surface area contributed by atoms with Gasteiger partial charge in [0.25, 0.3) is 0 Å². The molecule has 3 aromatic heterocycles. The third kappa shape index (κ3) is 3.55. The van der Waals surface area contributed by atoms with Crippen molar-refractivity contribution in [3.8, 4) is 0 Å². The monoisotopic (exact) mass is 364 g/mol. The molecule has 0 saturated heterocycles. The van der Waals surface area contributed by atoms with Crippen LogP contribution in [0.5, 0.6) is 0 Å². The van der Waals surface area contributed by atoms with Crippen molar-refractivity contribution in [1.29, 1.82) is 0 Å². The van der Waals surface area contributed by atoms with Crippen LogP contribution >= 0.6 is 0 Å². The van der Waals surface area contributed by atoms with E-state index in [0.29, 0.717) is 11.4 Å². The molecular formula is C15H15F3N8. The van der Waals surface area contributed by atoms with Gasteiger partial charge in [-0.05, 0) is 6.07 Å². The smallest absolute Gasteiger partial charge is 0.372 e. The highest BCUT2D eigenvalue weighted by atomic mass is 19.4. The van der Waals surface area contributed by atoms with Crippen molar-refractivity contribution >= 4 is 17.5 Å². The average molecular weight is 364 g/mol. The maximum Gasteiger partial charge on any atom is 0.421 e. The van der Waals surface area contributed by atoms with Gasteiger partial charge >= 0.3 is 6.18 Å². The van der Waals surface area contributed by atoms with E-state index in [2.05, 4.69) is 40.8 Å². The molecule has 3 N–H and O–H groups in total. The van der Waals surface area contributed by atoms with Crippen molar-refractivity contribution in [3.05, 3.63) is 47.9 Å². The first kappa shape index (κ1) is 17.6. The molecule has 26 heavy (non-hydrogen) atoms. The lowest BCUT2D eigenvalue weighted by atomic mass is 10.0. The van der Waals surface area contributed by atoms with E-state index in [1.54, 1.807) is 12.3 Å². The van der Waals surface area contributed by atoms with Crippen LogP contribution in [0.2, 0.25) is 0 Å². The van der Waals surface area contributed by atoms with Gasteiger partial charge in [-0.1, -0.05) is 6.92 Å². The van der Waals surface area contributed by atoms with E-state index in [4.69, 9.17) is 0 Å². The summed E-state index contributed by atoms with van der Waals surface area (Å²) in [5.74, 6) is -0.454. The molecule has 0 spiro atoms. The van der Waals surface area contributed by atoms with E-state index < -0.39 is 11.7 Å². The zero-order chi connectivity index (χ0) is 18.7. The maximum absolute atomic E-state index is 12.9. The lowest BCUT2D eigenvalue weighted by molar-refractivity contribution is -0.137. The molecule has 1 atom stereocenters. The summed E-state index contributed by atoms with van der Waals surface area (Å²) in [6, 6.07) is 1.77. The largest absolute Gasteiger partial charge is 0.421 e. The minimum Gasteiger partial charge on any atom is -0.372 e. The van der Waals surface area contributed by atoms with Crippen molar-refractivity contribution in [3.63, 3.8) is 0 Å². The van der Waals surface area contributed by atoms with E-state index in [1.165, 1.54) is 19.6 Å². The van der Waals surface area contributed by atoms with Crippen LogP contribution in [0.4, 0.5) is 30.6 Å². The molecule has 0 fully saturated rings. The fourth-order valence-corrected chi connectivity index (χ4v) is 2.39. The summed E-state index contributed by atoms with van der Waals surface area (Å²) in [6.07, 6.45) is 0.759. The first-order valence-corrected chi connectivity index (χ1v) is 7.58. The van der Waals surface area contributed by atoms with Crippen LogP contribution in [0.3, 0.4) is 0 Å². The highest BCUT2D eigenvalue weighted by Gasteiger charge is 2.35. The highest BCUT2D eigenvalue weighted by Crippen LogP contribution is 2.34. The van der Waals surface area contributed by atoms with Crippen LogP contribution in [0, 0.1) is 0 Å². The molecule has 1 unspecified atom stereocenters. The van der Waals surface area contributed by atoms with Gasteiger partial charge in [-0.3, -0.25) is 5.10 Å². The Kier molecular flexibility index (Phi) is 4.69. The van der Waals surface area contributed by atoms with Crippen LogP contribution in [0.25, 0.3) is 0 Å². The number of hydrogen-bond acceptors (Lipinski definition) is 7. The molecule has 0 amide bonds. The molecular weight excluding hydrogens is 349 g/mol. The van der Waals surface area contributed by atoms with Crippen LogP contribution < -0.4 is 10.6 Å². The molecule has 0 aromatic carbocycles. The zero-order valence-corrected chi connectivity index (χ0v) is 13.8. The minimum absolute atomic E-state index is 0.0138. The Balaban J connectivity index is 1.88. The number of anilines is 3. The fraction of sp³-hybridized carbons (Fsp3) is 0.267. The number of alkyl halides is 3. The lowest BCUT2D eigenvalue weighted by Crippen LogP contribution is -2.13. The summed E-state index contributed by atoms with van der Waals surface area (Å²) < 4.78 is 38.8. The van der Waals surface area contributed by atoms with Gasteiger partial charge in [0.2, 0.25) is 5.95 Å². The van der Waals surface area contributed by atoms with Crippen LogP contribution in [0.15, 0.2) is 31.0 Å².